The van der Waals surface area contributed by atoms with Crippen molar-refractivity contribution in [3.63, 3.8) is 0 Å². The molecule has 2 rings (SSSR count). The number of aryl methyl sites for hydroxylation is 1. The molecule has 0 aliphatic rings. The third-order valence-electron chi connectivity index (χ3n) is 2.03. The fourth-order valence-electron chi connectivity index (χ4n) is 1.26. The van der Waals surface area contributed by atoms with Crippen molar-refractivity contribution in [1.29, 1.82) is 0 Å². The maximum atomic E-state index is 5.98. The van der Waals surface area contributed by atoms with Gasteiger partial charge in [0.15, 0.2) is 0 Å². The van der Waals surface area contributed by atoms with Gasteiger partial charge in [0, 0.05) is 30.8 Å². The summed E-state index contributed by atoms with van der Waals surface area (Å²) in [6.07, 6.45) is 1.55. The lowest BCUT2D eigenvalue weighted by atomic mass is 10.4. The van der Waals surface area contributed by atoms with E-state index in [4.69, 9.17) is 23.2 Å². The van der Waals surface area contributed by atoms with E-state index in [0.29, 0.717) is 29.0 Å². The Morgan fingerprint density at radius 3 is 2.72 bits per heavy atom. The number of nitrogens with zero attached hydrogens (tertiary/aromatic N) is 3. The monoisotopic (exact) mass is 303 g/mol. The van der Waals surface area contributed by atoms with Gasteiger partial charge < -0.3 is 10.6 Å². The molecule has 0 spiro atoms. The second kappa shape index (κ2) is 6.17. The molecule has 0 radical (unpaired) electrons. The second-order valence-corrected chi connectivity index (χ2v) is 5.08. The Morgan fingerprint density at radius 1 is 1.28 bits per heavy atom. The van der Waals surface area contributed by atoms with E-state index in [1.54, 1.807) is 12.3 Å². The summed E-state index contributed by atoms with van der Waals surface area (Å²) in [7, 11) is 0. The number of hydrogen-bond donors (Lipinski definition) is 2. The molecule has 0 fully saturated rings. The highest BCUT2D eigenvalue weighted by Crippen LogP contribution is 2.22. The van der Waals surface area contributed by atoms with Crippen molar-refractivity contribution in [3.05, 3.63) is 28.1 Å². The first kappa shape index (κ1) is 13.3. The predicted octanol–water partition coefficient (Wildman–Crippen LogP) is 3.07. The van der Waals surface area contributed by atoms with Crippen LogP contribution in [0.4, 0.5) is 10.9 Å². The van der Waals surface area contributed by atoms with Gasteiger partial charge in [-0.05, 0) is 13.0 Å². The van der Waals surface area contributed by atoms with Gasteiger partial charge >= 0.3 is 0 Å². The first-order valence-corrected chi connectivity index (χ1v) is 6.77. The average Bonchev–Trinajstić information content (AvgIpc) is 2.73. The summed E-state index contributed by atoms with van der Waals surface area (Å²) < 4.78 is 4.08. The van der Waals surface area contributed by atoms with Gasteiger partial charge in [-0.25, -0.2) is 9.97 Å². The summed E-state index contributed by atoms with van der Waals surface area (Å²) in [6.45, 7) is 3.24. The van der Waals surface area contributed by atoms with E-state index in [-0.39, 0.29) is 0 Å². The zero-order valence-corrected chi connectivity index (χ0v) is 11.9. The quantitative estimate of drug-likeness (QED) is 0.831. The Balaban J connectivity index is 1.78. The van der Waals surface area contributed by atoms with Gasteiger partial charge in [-0.15, -0.1) is 0 Å². The number of nitrogens with one attached hydrogen (secondary N) is 2. The van der Waals surface area contributed by atoms with Crippen molar-refractivity contribution in [3.8, 4) is 0 Å². The normalized spacial score (nSPS) is 10.4. The molecule has 0 saturated carbocycles. The number of rotatable bonds is 5. The molecule has 0 saturated heterocycles. The smallest absolute Gasteiger partial charge is 0.202 e. The molecule has 2 aromatic heterocycles. The minimum absolute atomic E-state index is 0.509. The Morgan fingerprint density at radius 2 is 2.06 bits per heavy atom. The molecule has 2 heterocycles. The van der Waals surface area contributed by atoms with Crippen LogP contribution in [0.2, 0.25) is 10.0 Å². The fourth-order valence-corrected chi connectivity index (χ4v) is 2.31. The maximum Gasteiger partial charge on any atom is 0.202 e. The van der Waals surface area contributed by atoms with Gasteiger partial charge in [-0.1, -0.05) is 23.2 Å². The summed E-state index contributed by atoms with van der Waals surface area (Å²) >= 11 is 13.1. The van der Waals surface area contributed by atoms with E-state index in [0.717, 1.165) is 11.0 Å². The number of pyridine rings is 1. The fraction of sp³-hybridized carbons (Fsp3) is 0.300. The minimum atomic E-state index is 0.509. The van der Waals surface area contributed by atoms with Crippen LogP contribution in [0.1, 0.15) is 5.82 Å². The Kier molecular flexibility index (Phi) is 4.57. The summed E-state index contributed by atoms with van der Waals surface area (Å²) in [5, 5.41) is 8.10. The van der Waals surface area contributed by atoms with Gasteiger partial charge in [-0.2, -0.15) is 4.37 Å². The number of aromatic nitrogens is 3. The number of hydrogen-bond acceptors (Lipinski definition) is 6. The molecule has 2 N–H and O–H groups in total. The molecule has 96 valence electrons. The number of anilines is 2. The lowest BCUT2D eigenvalue weighted by Crippen LogP contribution is -2.14. The Bertz CT molecular complexity index is 531. The van der Waals surface area contributed by atoms with Gasteiger partial charge in [0.2, 0.25) is 5.13 Å². The molecular formula is C10H11Cl2N5S. The van der Waals surface area contributed by atoms with Crippen LogP contribution in [0.5, 0.6) is 0 Å². The van der Waals surface area contributed by atoms with Crippen molar-refractivity contribution in [2.45, 2.75) is 6.92 Å². The zero-order valence-electron chi connectivity index (χ0n) is 9.57. The number of halogens is 2. The largest absolute Gasteiger partial charge is 0.367 e. The third kappa shape index (κ3) is 3.69. The molecule has 0 aromatic carbocycles. The van der Waals surface area contributed by atoms with Crippen LogP contribution in [0.3, 0.4) is 0 Å². The van der Waals surface area contributed by atoms with E-state index < -0.39 is 0 Å². The molecule has 0 unspecified atom stereocenters. The molecule has 8 heteroatoms. The summed E-state index contributed by atoms with van der Waals surface area (Å²) in [5.74, 6) is 1.40. The molecule has 0 aliphatic heterocycles. The van der Waals surface area contributed by atoms with Crippen LogP contribution in [0, 0.1) is 6.92 Å². The van der Waals surface area contributed by atoms with Crippen LogP contribution in [0.25, 0.3) is 0 Å². The maximum absolute atomic E-state index is 5.98. The van der Waals surface area contributed by atoms with Crippen LogP contribution >= 0.6 is 34.7 Å². The van der Waals surface area contributed by atoms with Crippen molar-refractivity contribution in [2.24, 2.45) is 0 Å². The first-order chi connectivity index (χ1) is 8.65. The molecule has 18 heavy (non-hydrogen) atoms. The average molecular weight is 304 g/mol. The minimum Gasteiger partial charge on any atom is -0.367 e. The van der Waals surface area contributed by atoms with Gasteiger partial charge in [0.05, 0.1) is 10.0 Å². The zero-order chi connectivity index (χ0) is 13.0. The SMILES string of the molecule is Cc1nsc(NCCNc2ncc(Cl)cc2Cl)n1. The molecular weight excluding hydrogens is 293 g/mol. The van der Waals surface area contributed by atoms with E-state index >= 15 is 0 Å². The lowest BCUT2D eigenvalue weighted by molar-refractivity contribution is 1.05. The van der Waals surface area contributed by atoms with Crippen LogP contribution in [-0.2, 0) is 0 Å². The van der Waals surface area contributed by atoms with Gasteiger partial charge in [0.25, 0.3) is 0 Å². The van der Waals surface area contributed by atoms with E-state index in [1.807, 2.05) is 6.92 Å². The predicted molar refractivity (Wildman–Crippen MR) is 75.9 cm³/mol. The molecule has 2 aromatic rings. The summed E-state index contributed by atoms with van der Waals surface area (Å²) in [6, 6.07) is 1.65. The Hall–Kier alpha value is -1.11. The highest BCUT2D eigenvalue weighted by molar-refractivity contribution is 7.09. The second-order valence-electron chi connectivity index (χ2n) is 3.48. The van der Waals surface area contributed by atoms with Gasteiger partial charge in [0.1, 0.15) is 11.6 Å². The molecule has 5 nitrogen and oxygen atoms in total. The Labute approximate surface area is 119 Å². The molecule has 0 amide bonds. The van der Waals surface area contributed by atoms with Crippen molar-refractivity contribution < 1.29 is 0 Å². The van der Waals surface area contributed by atoms with E-state index in [1.165, 1.54) is 11.5 Å². The lowest BCUT2D eigenvalue weighted by Gasteiger charge is -2.07. The van der Waals surface area contributed by atoms with Gasteiger partial charge in [-0.3, -0.25) is 0 Å². The molecule has 0 bridgehead atoms. The summed E-state index contributed by atoms with van der Waals surface area (Å²) in [5.41, 5.74) is 0. The van der Waals surface area contributed by atoms with E-state index in [2.05, 4.69) is 25.0 Å². The third-order valence-corrected chi connectivity index (χ3v) is 3.29. The highest BCUT2D eigenvalue weighted by Gasteiger charge is 2.02. The standard InChI is InChI=1S/C10H11Cl2N5S/c1-6-16-10(18-17-6)14-3-2-13-9-8(12)4-7(11)5-15-9/h4-5H,2-3H2,1H3,(H,13,15)(H,14,16,17). The molecule has 0 aliphatic carbocycles. The van der Waals surface area contributed by atoms with Crippen molar-refractivity contribution >= 4 is 45.7 Å². The van der Waals surface area contributed by atoms with E-state index in [9.17, 15) is 0 Å². The summed E-state index contributed by atoms with van der Waals surface area (Å²) in [4.78, 5) is 8.29. The highest BCUT2D eigenvalue weighted by atomic mass is 35.5. The topological polar surface area (TPSA) is 62.7 Å². The van der Waals surface area contributed by atoms with Crippen LogP contribution in [-0.4, -0.2) is 27.4 Å². The van der Waals surface area contributed by atoms with Crippen molar-refractivity contribution in [1.82, 2.24) is 14.3 Å². The van der Waals surface area contributed by atoms with Crippen LogP contribution < -0.4 is 10.6 Å². The van der Waals surface area contributed by atoms with Crippen molar-refractivity contribution in [2.75, 3.05) is 23.7 Å². The van der Waals surface area contributed by atoms with Crippen LogP contribution in [0.15, 0.2) is 12.3 Å². The first-order valence-electron chi connectivity index (χ1n) is 5.24. The molecule has 0 atom stereocenters.